The number of aromatic nitrogens is 4. The summed E-state index contributed by atoms with van der Waals surface area (Å²) in [4.78, 5) is 37.5. The first kappa shape index (κ1) is 23.7. The van der Waals surface area contributed by atoms with Crippen LogP contribution in [0, 0.1) is 12.8 Å². The Labute approximate surface area is 175 Å². The number of carboxylic acid groups (broad SMARTS) is 1. The van der Waals surface area contributed by atoms with Crippen LogP contribution in [-0.4, -0.2) is 104 Å². The van der Waals surface area contributed by atoms with E-state index in [-0.39, 0.29) is 36.7 Å². The van der Waals surface area contributed by atoms with Crippen LogP contribution in [-0.2, 0) is 20.9 Å². The average molecular weight is 425 g/mol. The van der Waals surface area contributed by atoms with Gasteiger partial charge in [-0.3, -0.25) is 14.4 Å². The molecule has 2 fully saturated rings. The molecule has 2 aliphatic rings. The van der Waals surface area contributed by atoms with E-state index >= 15 is 0 Å². The van der Waals surface area contributed by atoms with Crippen molar-refractivity contribution in [3.05, 3.63) is 5.82 Å². The average Bonchev–Trinajstić information content (AvgIpc) is 3.20. The van der Waals surface area contributed by atoms with Crippen molar-refractivity contribution in [2.24, 2.45) is 5.92 Å². The Morgan fingerprint density at radius 2 is 1.97 bits per heavy atom. The molecule has 0 spiro atoms. The highest BCUT2D eigenvalue weighted by Crippen LogP contribution is 2.28. The summed E-state index contributed by atoms with van der Waals surface area (Å²) in [6, 6.07) is -0.379. The molecule has 1 saturated carbocycles. The molecule has 1 aliphatic heterocycles. The van der Waals surface area contributed by atoms with Gasteiger partial charge in [-0.1, -0.05) is 0 Å². The van der Waals surface area contributed by atoms with Crippen LogP contribution in [0.1, 0.15) is 31.5 Å². The maximum absolute atomic E-state index is 12.8. The number of tetrazole rings is 1. The van der Waals surface area contributed by atoms with Crippen LogP contribution < -0.4 is 5.32 Å². The molecule has 2 heterocycles. The molecule has 0 bridgehead atoms. The van der Waals surface area contributed by atoms with Crippen LogP contribution in [0.15, 0.2) is 0 Å². The molecule has 30 heavy (non-hydrogen) atoms. The van der Waals surface area contributed by atoms with Gasteiger partial charge in [-0.25, -0.2) is 4.68 Å². The van der Waals surface area contributed by atoms with Crippen molar-refractivity contribution >= 4 is 18.3 Å². The summed E-state index contributed by atoms with van der Waals surface area (Å²) in [7, 11) is 2.07. The van der Waals surface area contributed by atoms with E-state index in [2.05, 4.69) is 32.8 Å². The Morgan fingerprint density at radius 1 is 1.23 bits per heavy atom. The van der Waals surface area contributed by atoms with Gasteiger partial charge in [0.05, 0.1) is 18.7 Å². The van der Waals surface area contributed by atoms with Gasteiger partial charge in [0.25, 0.3) is 6.47 Å². The van der Waals surface area contributed by atoms with Gasteiger partial charge in [-0.15, -0.1) is 5.10 Å². The highest BCUT2D eigenvalue weighted by atomic mass is 16.3. The fourth-order valence-corrected chi connectivity index (χ4v) is 3.84. The second-order valence-corrected chi connectivity index (χ2v) is 7.70. The number of hydrogen-bond acceptors (Lipinski definition) is 8. The van der Waals surface area contributed by atoms with Crippen LogP contribution in [0.2, 0.25) is 0 Å². The molecule has 3 rings (SSSR count). The predicted octanol–water partition coefficient (Wildman–Crippen LogP) is -1.51. The first-order chi connectivity index (χ1) is 14.3. The molecular weight excluding hydrogens is 394 g/mol. The minimum Gasteiger partial charge on any atom is -0.483 e. The third kappa shape index (κ3) is 6.73. The number of nitrogens with one attached hydrogen (secondary N) is 1. The Kier molecular flexibility index (Phi) is 9.12. The van der Waals surface area contributed by atoms with Gasteiger partial charge in [0.15, 0.2) is 0 Å². The molecule has 12 heteroatoms. The fourth-order valence-electron chi connectivity index (χ4n) is 3.84. The lowest BCUT2D eigenvalue weighted by Gasteiger charge is -2.24. The van der Waals surface area contributed by atoms with Crippen LogP contribution in [0.4, 0.5) is 0 Å². The number of aliphatic hydroxyl groups excluding tert-OH is 1. The topological polar surface area (TPSA) is 154 Å². The van der Waals surface area contributed by atoms with Gasteiger partial charge in [-0.05, 0) is 50.2 Å². The highest BCUT2D eigenvalue weighted by Gasteiger charge is 2.39. The summed E-state index contributed by atoms with van der Waals surface area (Å²) in [6.45, 7) is 5.27. The Morgan fingerprint density at radius 3 is 2.63 bits per heavy atom. The van der Waals surface area contributed by atoms with Gasteiger partial charge in [0.1, 0.15) is 5.82 Å². The van der Waals surface area contributed by atoms with Gasteiger partial charge >= 0.3 is 0 Å². The van der Waals surface area contributed by atoms with Crippen molar-refractivity contribution in [2.45, 2.75) is 51.3 Å². The second kappa shape index (κ2) is 11.6. The van der Waals surface area contributed by atoms with Crippen molar-refractivity contribution < 1.29 is 24.6 Å². The Bertz CT molecular complexity index is 713. The standard InChI is InChI=1S/C17H29N7O3.CH2O2/c1-12-19-20-21-24(12)7-4-16(26)18-14-10-13(11-15(14)25)17(27)23-6-3-5-22(2)8-9-23;2-1-3/h13-15,25H,3-11H2,1-2H3,(H,18,26);1H,(H,2,3)/t13-,14+,15+;/m0./s1. The summed E-state index contributed by atoms with van der Waals surface area (Å²) in [5.74, 6) is 0.358. The SMILES string of the molecule is Cc1nnnn1CCC(=O)N[C@@H]1C[C@H](C(=O)N2CCCN(C)CC2)C[C@H]1O.O=CO. The quantitative estimate of drug-likeness (QED) is 0.478. The number of likely N-dealkylation sites (N-methyl/N-ethyl adjacent to an activating group) is 1. The third-order valence-corrected chi connectivity index (χ3v) is 5.52. The summed E-state index contributed by atoms with van der Waals surface area (Å²) < 4.78 is 1.56. The number of hydrogen-bond donors (Lipinski definition) is 3. The van der Waals surface area contributed by atoms with E-state index in [1.807, 2.05) is 4.90 Å². The number of aliphatic hydroxyl groups is 1. The van der Waals surface area contributed by atoms with E-state index in [1.54, 1.807) is 11.6 Å². The molecule has 0 unspecified atom stereocenters. The number of aryl methyl sites for hydroxylation is 2. The van der Waals surface area contributed by atoms with Gasteiger partial charge in [0, 0.05) is 32.0 Å². The molecule has 3 N–H and O–H groups in total. The first-order valence-corrected chi connectivity index (χ1v) is 10.1. The van der Waals surface area contributed by atoms with Gasteiger partial charge in [-0.2, -0.15) is 0 Å². The number of carbonyl (C=O) groups excluding carboxylic acids is 2. The smallest absolute Gasteiger partial charge is 0.290 e. The van der Waals surface area contributed by atoms with Crippen LogP contribution in [0.25, 0.3) is 0 Å². The van der Waals surface area contributed by atoms with E-state index in [0.717, 1.165) is 32.6 Å². The van der Waals surface area contributed by atoms with Crippen molar-refractivity contribution in [2.75, 3.05) is 33.2 Å². The van der Waals surface area contributed by atoms with Crippen molar-refractivity contribution in [1.29, 1.82) is 0 Å². The zero-order valence-electron chi connectivity index (χ0n) is 17.5. The normalized spacial score (nSPS) is 24.5. The van der Waals surface area contributed by atoms with Crippen LogP contribution in [0.5, 0.6) is 0 Å². The maximum atomic E-state index is 12.8. The van der Waals surface area contributed by atoms with Crippen LogP contribution >= 0.6 is 0 Å². The van der Waals surface area contributed by atoms with Crippen molar-refractivity contribution in [3.8, 4) is 0 Å². The van der Waals surface area contributed by atoms with Crippen molar-refractivity contribution in [3.63, 3.8) is 0 Å². The van der Waals surface area contributed by atoms with E-state index in [4.69, 9.17) is 9.90 Å². The molecule has 0 radical (unpaired) electrons. The second-order valence-electron chi connectivity index (χ2n) is 7.70. The van der Waals surface area contributed by atoms with Crippen LogP contribution in [0.3, 0.4) is 0 Å². The minimum absolute atomic E-state index is 0.102. The van der Waals surface area contributed by atoms with E-state index in [9.17, 15) is 14.7 Å². The monoisotopic (exact) mass is 425 g/mol. The van der Waals surface area contributed by atoms with E-state index < -0.39 is 6.10 Å². The molecule has 2 amide bonds. The Balaban J connectivity index is 0.00000101. The number of carbonyl (C=O) groups is 3. The minimum atomic E-state index is -0.688. The van der Waals surface area contributed by atoms with Gasteiger partial charge in [0.2, 0.25) is 11.8 Å². The summed E-state index contributed by atoms with van der Waals surface area (Å²) in [5, 5.41) is 31.2. The molecule has 12 nitrogen and oxygen atoms in total. The lowest BCUT2D eigenvalue weighted by Crippen LogP contribution is -2.41. The Hall–Kier alpha value is -2.60. The molecule has 1 aromatic heterocycles. The summed E-state index contributed by atoms with van der Waals surface area (Å²) in [6.07, 6.45) is 1.40. The highest BCUT2D eigenvalue weighted by molar-refractivity contribution is 5.80. The van der Waals surface area contributed by atoms with Gasteiger partial charge < -0.3 is 25.3 Å². The van der Waals surface area contributed by atoms with Crippen molar-refractivity contribution in [1.82, 2.24) is 35.3 Å². The molecule has 168 valence electrons. The van der Waals surface area contributed by atoms with E-state index in [0.29, 0.717) is 25.2 Å². The number of rotatable bonds is 5. The lowest BCUT2D eigenvalue weighted by atomic mass is 10.1. The molecule has 1 aliphatic carbocycles. The van der Waals surface area contributed by atoms with E-state index in [1.165, 1.54) is 0 Å². The zero-order valence-corrected chi connectivity index (χ0v) is 17.5. The lowest BCUT2D eigenvalue weighted by molar-refractivity contribution is -0.135. The summed E-state index contributed by atoms with van der Waals surface area (Å²) in [5.41, 5.74) is 0. The molecule has 1 saturated heterocycles. The molecule has 0 aromatic carbocycles. The zero-order chi connectivity index (χ0) is 22.1. The third-order valence-electron chi connectivity index (χ3n) is 5.52. The maximum Gasteiger partial charge on any atom is 0.290 e. The molecule has 3 atom stereocenters. The molecular formula is C18H31N7O5. The fraction of sp³-hybridized carbons (Fsp3) is 0.778. The summed E-state index contributed by atoms with van der Waals surface area (Å²) >= 11 is 0. The first-order valence-electron chi connectivity index (χ1n) is 10.1. The largest absolute Gasteiger partial charge is 0.483 e. The number of nitrogens with zero attached hydrogens (tertiary/aromatic N) is 6. The predicted molar refractivity (Wildman–Crippen MR) is 105 cm³/mol. The number of amides is 2. The molecule has 1 aromatic rings.